The summed E-state index contributed by atoms with van der Waals surface area (Å²) in [4.78, 5) is 12.0. The van der Waals surface area contributed by atoms with Crippen molar-refractivity contribution < 1.29 is 17.6 Å². The SMILES string of the molecule is O=C(NCc1nncn1C1CC1)c1ccc(F)c(S(=O)(=O)N2CCCCC2)c1. The van der Waals surface area contributed by atoms with Gasteiger partial charge in [0, 0.05) is 24.7 Å². The molecule has 1 amide bonds. The fraction of sp³-hybridized carbons (Fsp3) is 0.500. The van der Waals surface area contributed by atoms with E-state index in [1.165, 1.54) is 10.4 Å². The first-order valence-corrected chi connectivity index (χ1v) is 10.9. The highest BCUT2D eigenvalue weighted by atomic mass is 32.2. The molecule has 2 aromatic rings. The van der Waals surface area contributed by atoms with E-state index >= 15 is 0 Å². The molecule has 28 heavy (non-hydrogen) atoms. The van der Waals surface area contributed by atoms with Crippen molar-refractivity contribution in [1.82, 2.24) is 24.4 Å². The van der Waals surface area contributed by atoms with Gasteiger partial charge in [-0.15, -0.1) is 10.2 Å². The number of hydrogen-bond acceptors (Lipinski definition) is 5. The first kappa shape index (κ1) is 19.0. The predicted molar refractivity (Wildman–Crippen MR) is 98.5 cm³/mol. The Morgan fingerprint density at radius 1 is 1.21 bits per heavy atom. The van der Waals surface area contributed by atoms with Crippen LogP contribution in [0.25, 0.3) is 0 Å². The molecule has 1 aliphatic carbocycles. The molecule has 2 fully saturated rings. The largest absolute Gasteiger partial charge is 0.345 e. The molecule has 0 unspecified atom stereocenters. The standard InChI is InChI=1S/C18H22FN5O3S/c19-15-7-4-13(10-16(15)28(26,27)23-8-2-1-3-9-23)18(25)20-11-17-22-21-12-24(17)14-5-6-14/h4,7,10,12,14H,1-3,5-6,8-9,11H2,(H,20,25). The maximum absolute atomic E-state index is 14.3. The van der Waals surface area contributed by atoms with Gasteiger partial charge in [-0.05, 0) is 43.9 Å². The number of nitrogens with one attached hydrogen (secondary N) is 1. The zero-order chi connectivity index (χ0) is 19.7. The maximum atomic E-state index is 14.3. The van der Waals surface area contributed by atoms with E-state index < -0.39 is 26.6 Å². The number of benzene rings is 1. The van der Waals surface area contributed by atoms with Crippen LogP contribution < -0.4 is 5.32 Å². The Hall–Kier alpha value is -2.33. The average molecular weight is 407 g/mol. The number of nitrogens with zero attached hydrogens (tertiary/aromatic N) is 4. The van der Waals surface area contributed by atoms with Gasteiger partial charge in [0.25, 0.3) is 5.91 Å². The maximum Gasteiger partial charge on any atom is 0.251 e. The van der Waals surface area contributed by atoms with Gasteiger partial charge in [0.2, 0.25) is 10.0 Å². The van der Waals surface area contributed by atoms with Crippen molar-refractivity contribution in [1.29, 1.82) is 0 Å². The van der Waals surface area contributed by atoms with E-state index in [9.17, 15) is 17.6 Å². The summed E-state index contributed by atoms with van der Waals surface area (Å²) in [6.07, 6.45) is 6.23. The number of carbonyl (C=O) groups excluding carboxylic acids is 1. The van der Waals surface area contributed by atoms with Gasteiger partial charge >= 0.3 is 0 Å². The second-order valence-corrected chi connectivity index (χ2v) is 9.08. The number of rotatable bonds is 6. The third kappa shape index (κ3) is 3.79. The van der Waals surface area contributed by atoms with E-state index in [1.807, 2.05) is 4.57 Å². The van der Waals surface area contributed by atoms with E-state index in [0.717, 1.165) is 44.2 Å². The Labute approximate surface area is 162 Å². The molecule has 1 aromatic carbocycles. The Balaban J connectivity index is 1.51. The Kier molecular flexibility index (Phi) is 5.15. The van der Waals surface area contributed by atoms with Gasteiger partial charge in [-0.1, -0.05) is 6.42 Å². The fourth-order valence-electron chi connectivity index (χ4n) is 3.40. The van der Waals surface area contributed by atoms with Crippen LogP contribution in [0.15, 0.2) is 29.4 Å². The molecule has 1 saturated carbocycles. The minimum atomic E-state index is -3.96. The third-order valence-corrected chi connectivity index (χ3v) is 7.03. The van der Waals surface area contributed by atoms with Crippen LogP contribution in [0.4, 0.5) is 4.39 Å². The highest BCUT2D eigenvalue weighted by Gasteiger charge is 2.30. The minimum Gasteiger partial charge on any atom is -0.345 e. The lowest BCUT2D eigenvalue weighted by Gasteiger charge is -2.26. The second kappa shape index (κ2) is 7.59. The number of halogens is 1. The molecule has 0 spiro atoms. The van der Waals surface area contributed by atoms with Crippen molar-refractivity contribution >= 4 is 15.9 Å². The molecule has 2 aliphatic rings. The molecule has 0 atom stereocenters. The summed E-state index contributed by atoms with van der Waals surface area (Å²) in [5.41, 5.74) is 0.0921. The van der Waals surface area contributed by atoms with E-state index in [1.54, 1.807) is 6.33 Å². The van der Waals surface area contributed by atoms with Crippen LogP contribution in [0, 0.1) is 5.82 Å². The third-order valence-electron chi connectivity index (χ3n) is 5.12. The number of sulfonamides is 1. The molecule has 4 rings (SSSR count). The van der Waals surface area contributed by atoms with Crippen molar-refractivity contribution in [2.45, 2.75) is 49.6 Å². The highest BCUT2D eigenvalue weighted by molar-refractivity contribution is 7.89. The fourth-order valence-corrected chi connectivity index (χ4v) is 5.01. The van der Waals surface area contributed by atoms with Crippen molar-refractivity contribution in [2.24, 2.45) is 0 Å². The van der Waals surface area contributed by atoms with Gasteiger partial charge in [-0.3, -0.25) is 4.79 Å². The predicted octanol–water partition coefficient (Wildman–Crippen LogP) is 1.86. The second-order valence-electron chi connectivity index (χ2n) is 7.18. The van der Waals surface area contributed by atoms with Gasteiger partial charge < -0.3 is 9.88 Å². The van der Waals surface area contributed by atoms with Crippen LogP contribution in [0.3, 0.4) is 0 Å². The molecule has 1 aliphatic heterocycles. The van der Waals surface area contributed by atoms with E-state index in [2.05, 4.69) is 15.5 Å². The number of amides is 1. The van der Waals surface area contributed by atoms with Crippen molar-refractivity contribution in [3.05, 3.63) is 41.7 Å². The van der Waals surface area contributed by atoms with E-state index in [4.69, 9.17) is 0 Å². The lowest BCUT2D eigenvalue weighted by molar-refractivity contribution is 0.0949. The summed E-state index contributed by atoms with van der Waals surface area (Å²) < 4.78 is 43.1. The average Bonchev–Trinajstić information content (AvgIpc) is 3.44. The summed E-state index contributed by atoms with van der Waals surface area (Å²) in [5.74, 6) is -0.699. The lowest BCUT2D eigenvalue weighted by atomic mass is 10.2. The van der Waals surface area contributed by atoms with Gasteiger partial charge in [0.15, 0.2) is 5.82 Å². The summed E-state index contributed by atoms with van der Waals surface area (Å²) in [5, 5.41) is 10.6. The topological polar surface area (TPSA) is 97.2 Å². The molecule has 0 radical (unpaired) electrons. The summed E-state index contributed by atoms with van der Waals surface area (Å²) in [6, 6.07) is 3.80. The molecule has 1 saturated heterocycles. The van der Waals surface area contributed by atoms with Crippen LogP contribution >= 0.6 is 0 Å². The number of carbonyl (C=O) groups is 1. The molecule has 1 N–H and O–H groups in total. The monoisotopic (exact) mass is 407 g/mol. The van der Waals surface area contributed by atoms with Gasteiger partial charge in [0.05, 0.1) is 6.54 Å². The Morgan fingerprint density at radius 2 is 1.96 bits per heavy atom. The van der Waals surface area contributed by atoms with E-state index in [-0.39, 0.29) is 12.1 Å². The van der Waals surface area contributed by atoms with Crippen molar-refractivity contribution in [3.63, 3.8) is 0 Å². The normalized spacial score (nSPS) is 18.2. The lowest BCUT2D eigenvalue weighted by Crippen LogP contribution is -2.36. The van der Waals surface area contributed by atoms with Gasteiger partial charge in [0.1, 0.15) is 17.0 Å². The number of hydrogen-bond donors (Lipinski definition) is 1. The van der Waals surface area contributed by atoms with Crippen LogP contribution in [-0.4, -0.2) is 46.5 Å². The summed E-state index contributed by atoms with van der Waals surface area (Å²) in [7, 11) is -3.96. The molecule has 2 heterocycles. The summed E-state index contributed by atoms with van der Waals surface area (Å²) >= 11 is 0. The first-order valence-electron chi connectivity index (χ1n) is 9.43. The summed E-state index contributed by atoms with van der Waals surface area (Å²) in [6.45, 7) is 0.908. The van der Waals surface area contributed by atoms with Crippen LogP contribution in [0.2, 0.25) is 0 Å². The number of aromatic nitrogens is 3. The van der Waals surface area contributed by atoms with E-state index in [0.29, 0.717) is 25.0 Å². The first-order chi connectivity index (χ1) is 13.5. The smallest absolute Gasteiger partial charge is 0.251 e. The molecule has 150 valence electrons. The molecular formula is C18H22FN5O3S. The van der Waals surface area contributed by atoms with Gasteiger partial charge in [-0.2, -0.15) is 4.31 Å². The zero-order valence-corrected chi connectivity index (χ0v) is 16.2. The number of piperidine rings is 1. The Morgan fingerprint density at radius 3 is 2.68 bits per heavy atom. The van der Waals surface area contributed by atoms with Crippen LogP contribution in [0.1, 0.15) is 54.3 Å². The van der Waals surface area contributed by atoms with Gasteiger partial charge in [-0.25, -0.2) is 12.8 Å². The Bertz CT molecular complexity index is 981. The zero-order valence-electron chi connectivity index (χ0n) is 15.3. The molecular weight excluding hydrogens is 385 g/mol. The highest BCUT2D eigenvalue weighted by Crippen LogP contribution is 2.35. The quantitative estimate of drug-likeness (QED) is 0.788. The van der Waals surface area contributed by atoms with Crippen LogP contribution in [-0.2, 0) is 16.6 Å². The molecule has 8 nitrogen and oxygen atoms in total. The molecule has 1 aromatic heterocycles. The van der Waals surface area contributed by atoms with Crippen molar-refractivity contribution in [3.8, 4) is 0 Å². The minimum absolute atomic E-state index is 0.0921. The molecule has 10 heteroatoms. The van der Waals surface area contributed by atoms with Crippen LogP contribution in [0.5, 0.6) is 0 Å². The van der Waals surface area contributed by atoms with Crippen molar-refractivity contribution in [2.75, 3.05) is 13.1 Å². The molecule has 0 bridgehead atoms.